The number of rotatable bonds is 4. The van der Waals surface area contributed by atoms with Gasteiger partial charge in [0.15, 0.2) is 0 Å². The van der Waals surface area contributed by atoms with Crippen molar-refractivity contribution >= 4 is 27.5 Å². The molecule has 1 N–H and O–H groups in total. The average Bonchev–Trinajstić information content (AvgIpc) is 2.46. The molecule has 7 heteroatoms. The Morgan fingerprint density at radius 3 is 2.65 bits per heavy atom. The van der Waals surface area contributed by atoms with Gasteiger partial charge >= 0.3 is 0 Å². The maximum atomic E-state index is 10.4. The summed E-state index contributed by atoms with van der Waals surface area (Å²) < 4.78 is 10.9. The van der Waals surface area contributed by atoms with Gasteiger partial charge in [-0.05, 0) is 12.1 Å². The zero-order valence-corrected chi connectivity index (χ0v) is 13.1. The van der Waals surface area contributed by atoms with Crippen LogP contribution in [0.25, 0.3) is 0 Å². The number of nitrogens with zero attached hydrogens (tertiary/aromatic N) is 2. The van der Waals surface area contributed by atoms with Crippen molar-refractivity contribution in [2.75, 3.05) is 14.2 Å². The van der Waals surface area contributed by atoms with E-state index in [0.29, 0.717) is 16.5 Å². The minimum Gasteiger partial charge on any atom is -0.480 e. The van der Waals surface area contributed by atoms with Crippen molar-refractivity contribution in [1.82, 2.24) is 9.97 Å². The average molecular weight is 360 g/mol. The Bertz CT molecular complexity index is 625. The van der Waals surface area contributed by atoms with Crippen molar-refractivity contribution in [1.29, 1.82) is 0 Å². The van der Waals surface area contributed by atoms with Crippen molar-refractivity contribution in [2.24, 2.45) is 0 Å². The van der Waals surface area contributed by atoms with Crippen LogP contribution in [0.5, 0.6) is 11.8 Å². The lowest BCUT2D eigenvalue weighted by atomic mass is 10.1. The first-order chi connectivity index (χ1) is 9.56. The molecule has 20 heavy (non-hydrogen) atoms. The Hall–Kier alpha value is -1.37. The first-order valence-corrected chi connectivity index (χ1v) is 6.81. The molecule has 1 atom stereocenters. The second kappa shape index (κ2) is 6.39. The molecule has 1 aromatic heterocycles. The van der Waals surface area contributed by atoms with Crippen molar-refractivity contribution in [2.45, 2.75) is 6.10 Å². The van der Waals surface area contributed by atoms with Gasteiger partial charge in [-0.2, -0.15) is 4.98 Å². The molecule has 0 radical (unpaired) electrons. The molecule has 0 aliphatic carbocycles. The topological polar surface area (TPSA) is 64.5 Å². The van der Waals surface area contributed by atoms with E-state index in [-0.39, 0.29) is 11.6 Å². The summed E-state index contributed by atoms with van der Waals surface area (Å²) in [6, 6.07) is 5.19. The maximum absolute atomic E-state index is 10.4. The monoisotopic (exact) mass is 358 g/mol. The molecule has 2 rings (SSSR count). The lowest BCUT2D eigenvalue weighted by Crippen LogP contribution is -2.08. The fraction of sp³-hybridized carbons (Fsp3) is 0.231. The van der Waals surface area contributed by atoms with Gasteiger partial charge in [0.25, 0.3) is 0 Å². The van der Waals surface area contributed by atoms with Crippen molar-refractivity contribution in [3.63, 3.8) is 0 Å². The highest BCUT2D eigenvalue weighted by atomic mass is 79.9. The molecule has 0 saturated carbocycles. The van der Waals surface area contributed by atoms with Gasteiger partial charge < -0.3 is 14.6 Å². The zero-order valence-electron chi connectivity index (χ0n) is 10.8. The Morgan fingerprint density at radius 1 is 1.30 bits per heavy atom. The molecule has 0 spiro atoms. The normalized spacial score (nSPS) is 12.1. The van der Waals surface area contributed by atoms with Gasteiger partial charge in [-0.15, -0.1) is 0 Å². The number of benzene rings is 1. The van der Waals surface area contributed by atoms with E-state index in [0.717, 1.165) is 4.47 Å². The number of hydrogen-bond donors (Lipinski definition) is 1. The summed E-state index contributed by atoms with van der Waals surface area (Å²) in [6.07, 6.45) is 0.373. The smallest absolute Gasteiger partial charge is 0.241 e. The fourth-order valence-corrected chi connectivity index (χ4v) is 2.45. The molecule has 0 amide bonds. The minimum atomic E-state index is -1.04. The molecule has 0 aliphatic rings. The molecular formula is C13H12BrClN2O3. The van der Waals surface area contributed by atoms with E-state index in [9.17, 15) is 5.11 Å². The summed E-state index contributed by atoms with van der Waals surface area (Å²) in [7, 11) is 2.92. The van der Waals surface area contributed by atoms with Crippen LogP contribution in [0.15, 0.2) is 28.9 Å². The van der Waals surface area contributed by atoms with Crippen molar-refractivity contribution in [3.05, 3.63) is 45.1 Å². The molecule has 0 fully saturated rings. The summed E-state index contributed by atoms with van der Waals surface area (Å²) in [5.41, 5.74) is 0.796. The van der Waals surface area contributed by atoms with Gasteiger partial charge in [0.1, 0.15) is 11.8 Å². The summed E-state index contributed by atoms with van der Waals surface area (Å²) in [5, 5.41) is 10.8. The third-order valence-electron chi connectivity index (χ3n) is 2.66. The number of ether oxygens (including phenoxy) is 2. The Kier molecular flexibility index (Phi) is 4.80. The molecular weight excluding hydrogens is 348 g/mol. The van der Waals surface area contributed by atoms with Gasteiger partial charge in [-0.25, -0.2) is 4.98 Å². The summed E-state index contributed by atoms with van der Waals surface area (Å²) in [4.78, 5) is 8.21. The predicted octanol–water partition coefficient (Wildman–Crippen LogP) is 2.99. The van der Waals surface area contributed by atoms with E-state index in [1.807, 2.05) is 0 Å². The Morgan fingerprint density at radius 2 is 2.05 bits per heavy atom. The molecule has 106 valence electrons. The van der Waals surface area contributed by atoms with E-state index in [1.54, 1.807) is 18.2 Å². The highest BCUT2D eigenvalue weighted by molar-refractivity contribution is 9.10. The number of methoxy groups -OCH3 is 2. The van der Waals surface area contributed by atoms with E-state index < -0.39 is 6.10 Å². The second-order valence-corrected chi connectivity index (χ2v) is 5.20. The number of hydrogen-bond acceptors (Lipinski definition) is 5. The van der Waals surface area contributed by atoms with Crippen LogP contribution in [0.4, 0.5) is 0 Å². The first kappa shape index (κ1) is 15.0. The standard InChI is InChI=1S/C13H12BrClN2O3/c1-19-10-6-16-11(13(17-10)20-2)12(18)8-4-3-7(14)5-9(8)15/h3-6,12,18H,1-2H3. The third kappa shape index (κ3) is 3.03. The van der Waals surface area contributed by atoms with Crippen LogP contribution < -0.4 is 9.47 Å². The molecule has 1 unspecified atom stereocenters. The lowest BCUT2D eigenvalue weighted by molar-refractivity contribution is 0.206. The Balaban J connectivity index is 2.44. The van der Waals surface area contributed by atoms with Gasteiger partial charge in [0.05, 0.1) is 20.4 Å². The van der Waals surface area contributed by atoms with Gasteiger partial charge in [0, 0.05) is 15.1 Å². The lowest BCUT2D eigenvalue weighted by Gasteiger charge is -2.15. The zero-order chi connectivity index (χ0) is 14.7. The minimum absolute atomic E-state index is 0.191. The Labute approximate surface area is 129 Å². The highest BCUT2D eigenvalue weighted by Gasteiger charge is 2.21. The van der Waals surface area contributed by atoms with E-state index in [4.69, 9.17) is 21.1 Å². The van der Waals surface area contributed by atoms with Gasteiger partial charge in [-0.1, -0.05) is 33.6 Å². The number of halogens is 2. The summed E-state index contributed by atoms with van der Waals surface area (Å²) in [6.45, 7) is 0. The molecule has 0 saturated heterocycles. The number of aliphatic hydroxyl groups is 1. The predicted molar refractivity (Wildman–Crippen MR) is 78.3 cm³/mol. The number of aliphatic hydroxyl groups excluding tert-OH is 1. The van der Waals surface area contributed by atoms with Crippen molar-refractivity contribution in [3.8, 4) is 11.8 Å². The van der Waals surface area contributed by atoms with Gasteiger partial charge in [0.2, 0.25) is 11.8 Å². The van der Waals surface area contributed by atoms with Crippen LogP contribution in [-0.4, -0.2) is 29.3 Å². The quantitative estimate of drug-likeness (QED) is 0.909. The molecule has 0 aliphatic heterocycles. The van der Waals surface area contributed by atoms with Crippen LogP contribution in [0.3, 0.4) is 0 Å². The van der Waals surface area contributed by atoms with Crippen LogP contribution in [0, 0.1) is 0 Å². The van der Waals surface area contributed by atoms with E-state index >= 15 is 0 Å². The second-order valence-electron chi connectivity index (χ2n) is 3.88. The van der Waals surface area contributed by atoms with Crippen molar-refractivity contribution < 1.29 is 14.6 Å². The fourth-order valence-electron chi connectivity index (χ4n) is 1.67. The third-order valence-corrected chi connectivity index (χ3v) is 3.48. The van der Waals surface area contributed by atoms with Crippen LogP contribution >= 0.6 is 27.5 Å². The highest BCUT2D eigenvalue weighted by Crippen LogP contribution is 2.33. The van der Waals surface area contributed by atoms with Gasteiger partial charge in [-0.3, -0.25) is 0 Å². The molecule has 1 heterocycles. The molecule has 0 bridgehead atoms. The number of aromatic nitrogens is 2. The van der Waals surface area contributed by atoms with E-state index in [2.05, 4.69) is 25.9 Å². The van der Waals surface area contributed by atoms with Crippen LogP contribution in [0.1, 0.15) is 17.4 Å². The summed E-state index contributed by atoms with van der Waals surface area (Å²) in [5.74, 6) is 0.496. The van der Waals surface area contributed by atoms with E-state index in [1.165, 1.54) is 20.4 Å². The molecule has 5 nitrogen and oxygen atoms in total. The molecule has 1 aromatic carbocycles. The summed E-state index contributed by atoms with van der Waals surface area (Å²) >= 11 is 9.44. The van der Waals surface area contributed by atoms with Crippen LogP contribution in [-0.2, 0) is 0 Å². The first-order valence-electron chi connectivity index (χ1n) is 5.64. The maximum Gasteiger partial charge on any atom is 0.241 e. The SMILES string of the molecule is COc1cnc(C(O)c2ccc(Br)cc2Cl)c(OC)n1. The molecule has 2 aromatic rings. The largest absolute Gasteiger partial charge is 0.480 e. The van der Waals surface area contributed by atoms with Crippen LogP contribution in [0.2, 0.25) is 5.02 Å².